The van der Waals surface area contributed by atoms with Gasteiger partial charge in [0.15, 0.2) is 10.9 Å². The lowest BCUT2D eigenvalue weighted by molar-refractivity contribution is 0.0957. The number of Topliss-reactive ketones (excluding diaryl/α,β-unsaturated/α-hetero) is 1. The average molecular weight is 478 g/mol. The molecule has 0 aliphatic carbocycles. The molecule has 176 valence electrons. The molecule has 0 bridgehead atoms. The highest BCUT2D eigenvalue weighted by Gasteiger charge is 2.22. The highest BCUT2D eigenvalue weighted by atomic mass is 32.2. The van der Waals surface area contributed by atoms with Gasteiger partial charge in [-0.1, -0.05) is 30.0 Å². The molecule has 1 aromatic carbocycles. The maximum absolute atomic E-state index is 13.2. The van der Waals surface area contributed by atoms with Crippen LogP contribution in [0.3, 0.4) is 0 Å². The summed E-state index contributed by atoms with van der Waals surface area (Å²) >= 11 is 1.33. The molecule has 0 radical (unpaired) electrons. The van der Waals surface area contributed by atoms with Crippen molar-refractivity contribution >= 4 is 34.2 Å². The van der Waals surface area contributed by atoms with E-state index < -0.39 is 0 Å². The molecule has 3 aromatic heterocycles. The van der Waals surface area contributed by atoms with Gasteiger partial charge in [-0.15, -0.1) is 16.8 Å². The molecule has 34 heavy (non-hydrogen) atoms. The number of thioether (sulfide) groups is 1. The van der Waals surface area contributed by atoms with Crippen molar-refractivity contribution in [3.8, 4) is 0 Å². The van der Waals surface area contributed by atoms with Gasteiger partial charge in [0.2, 0.25) is 5.78 Å². The number of ketones is 1. The second kappa shape index (κ2) is 9.23. The predicted molar refractivity (Wildman–Crippen MR) is 133 cm³/mol. The van der Waals surface area contributed by atoms with Crippen LogP contribution in [0, 0.1) is 13.8 Å². The zero-order chi connectivity index (χ0) is 23.8. The van der Waals surface area contributed by atoms with Crippen molar-refractivity contribution < 1.29 is 9.53 Å². The Hall–Kier alpha value is -3.17. The van der Waals surface area contributed by atoms with Crippen molar-refractivity contribution in [2.24, 2.45) is 0 Å². The van der Waals surface area contributed by atoms with Crippen molar-refractivity contribution in [1.29, 1.82) is 0 Å². The van der Waals surface area contributed by atoms with Crippen molar-refractivity contribution in [3.05, 3.63) is 70.3 Å². The third kappa shape index (κ3) is 3.88. The standard InChI is InChI=1S/C25H27N5O3S/c1-4-11-28-23(32)19-9-5-6-10-21(19)30-24(28)26-27-25(30)34-15-22(31)20-13-16(2)29(17(20)3)14-18-8-7-12-33-18/h4-6,9-10,13,18H,1,7-8,11-12,14-15H2,2-3H3. The number of rotatable bonds is 8. The van der Waals surface area contributed by atoms with Crippen molar-refractivity contribution in [3.63, 3.8) is 0 Å². The number of para-hydroxylation sites is 1. The van der Waals surface area contributed by atoms with Crippen LogP contribution in [0.1, 0.15) is 34.6 Å². The highest BCUT2D eigenvalue weighted by molar-refractivity contribution is 7.99. The number of benzene rings is 1. The Balaban J connectivity index is 1.44. The Bertz CT molecular complexity index is 1460. The fourth-order valence-electron chi connectivity index (χ4n) is 4.68. The molecule has 1 unspecified atom stereocenters. The number of aromatic nitrogens is 5. The summed E-state index contributed by atoms with van der Waals surface area (Å²) in [6.45, 7) is 9.70. The molecule has 0 saturated carbocycles. The fraction of sp³-hybridized carbons (Fsp3) is 0.360. The van der Waals surface area contributed by atoms with E-state index in [0.717, 1.165) is 48.5 Å². The number of nitrogens with zero attached hydrogens (tertiary/aromatic N) is 5. The summed E-state index contributed by atoms with van der Waals surface area (Å²) in [5.41, 5.74) is 3.34. The number of hydrogen-bond acceptors (Lipinski definition) is 6. The Morgan fingerprint density at radius 2 is 2.09 bits per heavy atom. The molecule has 0 N–H and O–H groups in total. The number of ether oxygens (including phenoxy) is 1. The summed E-state index contributed by atoms with van der Waals surface area (Å²) in [5.74, 6) is 0.699. The zero-order valence-corrected chi connectivity index (χ0v) is 20.2. The molecule has 8 nitrogen and oxygen atoms in total. The Labute approximate surface area is 201 Å². The number of hydrogen-bond donors (Lipinski definition) is 0. The highest BCUT2D eigenvalue weighted by Crippen LogP contribution is 2.25. The number of aryl methyl sites for hydroxylation is 1. The second-order valence-electron chi connectivity index (χ2n) is 8.58. The van der Waals surface area contributed by atoms with Gasteiger partial charge in [0.25, 0.3) is 5.56 Å². The normalized spacial score (nSPS) is 16.0. The molecule has 1 aliphatic rings. The third-order valence-corrected chi connectivity index (χ3v) is 7.34. The Morgan fingerprint density at radius 1 is 1.26 bits per heavy atom. The van der Waals surface area contributed by atoms with Crippen molar-refractivity contribution in [2.45, 2.75) is 51.0 Å². The first kappa shape index (κ1) is 22.6. The first-order valence-corrected chi connectivity index (χ1v) is 12.4. The van der Waals surface area contributed by atoms with Crippen LogP contribution in [0.15, 0.2) is 52.9 Å². The van der Waals surface area contributed by atoms with Crippen LogP contribution in [0.2, 0.25) is 0 Å². The molecule has 1 fully saturated rings. The van der Waals surface area contributed by atoms with Gasteiger partial charge < -0.3 is 9.30 Å². The van der Waals surface area contributed by atoms with Crippen LogP contribution in [0.25, 0.3) is 16.7 Å². The molecular weight excluding hydrogens is 450 g/mol. The van der Waals surface area contributed by atoms with E-state index in [2.05, 4.69) is 21.3 Å². The minimum absolute atomic E-state index is 0.0390. The topological polar surface area (TPSA) is 83.4 Å². The number of carbonyl (C=O) groups is 1. The van der Waals surface area contributed by atoms with E-state index in [1.165, 1.54) is 11.8 Å². The third-order valence-electron chi connectivity index (χ3n) is 6.41. The molecule has 1 saturated heterocycles. The minimum Gasteiger partial charge on any atom is -0.376 e. The molecule has 4 heterocycles. The van der Waals surface area contributed by atoms with E-state index >= 15 is 0 Å². The Kier molecular flexibility index (Phi) is 6.14. The molecule has 1 atom stereocenters. The average Bonchev–Trinajstić information content (AvgIpc) is 3.57. The van der Waals surface area contributed by atoms with Gasteiger partial charge in [0.05, 0.1) is 22.8 Å². The summed E-state index contributed by atoms with van der Waals surface area (Å²) in [7, 11) is 0. The van der Waals surface area contributed by atoms with Crippen LogP contribution < -0.4 is 5.56 Å². The summed E-state index contributed by atoms with van der Waals surface area (Å²) in [6.07, 6.45) is 4.02. The van der Waals surface area contributed by atoms with Gasteiger partial charge in [-0.05, 0) is 44.9 Å². The van der Waals surface area contributed by atoms with Crippen molar-refractivity contribution in [1.82, 2.24) is 23.7 Å². The molecule has 9 heteroatoms. The smallest absolute Gasteiger partial charge is 0.263 e. The van der Waals surface area contributed by atoms with Gasteiger partial charge in [-0.25, -0.2) is 0 Å². The van der Waals surface area contributed by atoms with E-state index in [-0.39, 0.29) is 23.2 Å². The van der Waals surface area contributed by atoms with E-state index in [1.54, 1.807) is 16.7 Å². The van der Waals surface area contributed by atoms with Gasteiger partial charge in [-0.2, -0.15) is 0 Å². The molecular formula is C25H27N5O3S. The number of fused-ring (bicyclic) bond motifs is 3. The maximum atomic E-state index is 13.2. The number of allylic oxidation sites excluding steroid dienone is 1. The van der Waals surface area contributed by atoms with E-state index in [0.29, 0.717) is 22.9 Å². The van der Waals surface area contributed by atoms with Gasteiger partial charge in [-0.3, -0.25) is 18.6 Å². The SMILES string of the molecule is C=CCn1c(=O)c2ccccc2n2c(SCC(=O)c3cc(C)n(CC4CCCO4)c3C)nnc12. The van der Waals surface area contributed by atoms with Gasteiger partial charge in [0, 0.05) is 36.6 Å². The molecule has 0 amide bonds. The van der Waals surface area contributed by atoms with Gasteiger partial charge >= 0.3 is 0 Å². The number of carbonyl (C=O) groups excluding carboxylic acids is 1. The minimum atomic E-state index is -0.137. The second-order valence-corrected chi connectivity index (χ2v) is 9.52. The molecule has 5 rings (SSSR count). The van der Waals surface area contributed by atoms with E-state index in [4.69, 9.17) is 4.74 Å². The van der Waals surface area contributed by atoms with Crippen molar-refractivity contribution in [2.75, 3.05) is 12.4 Å². The van der Waals surface area contributed by atoms with Gasteiger partial charge in [0.1, 0.15) is 0 Å². The van der Waals surface area contributed by atoms with Crippen LogP contribution >= 0.6 is 11.8 Å². The molecule has 0 spiro atoms. The summed E-state index contributed by atoms with van der Waals surface area (Å²) < 4.78 is 11.4. The Morgan fingerprint density at radius 3 is 2.85 bits per heavy atom. The predicted octanol–water partition coefficient (Wildman–Crippen LogP) is 3.80. The summed E-state index contributed by atoms with van der Waals surface area (Å²) in [5, 5.41) is 9.73. The quantitative estimate of drug-likeness (QED) is 0.218. The van der Waals surface area contributed by atoms with Crippen LogP contribution in [-0.2, 0) is 17.8 Å². The van der Waals surface area contributed by atoms with Crippen LogP contribution in [0.5, 0.6) is 0 Å². The first-order valence-electron chi connectivity index (χ1n) is 11.4. The largest absolute Gasteiger partial charge is 0.376 e. The lowest BCUT2D eigenvalue weighted by Crippen LogP contribution is -2.22. The maximum Gasteiger partial charge on any atom is 0.263 e. The lowest BCUT2D eigenvalue weighted by Gasteiger charge is -2.14. The summed E-state index contributed by atoms with van der Waals surface area (Å²) in [6, 6.07) is 9.34. The van der Waals surface area contributed by atoms with E-state index in [1.807, 2.05) is 42.5 Å². The summed E-state index contributed by atoms with van der Waals surface area (Å²) in [4.78, 5) is 26.1. The zero-order valence-electron chi connectivity index (χ0n) is 19.4. The fourth-order valence-corrected chi connectivity index (χ4v) is 5.51. The monoisotopic (exact) mass is 477 g/mol. The van der Waals surface area contributed by atoms with Crippen LogP contribution in [-0.4, -0.2) is 48.0 Å². The van der Waals surface area contributed by atoms with E-state index in [9.17, 15) is 9.59 Å². The first-order chi connectivity index (χ1) is 16.5. The van der Waals surface area contributed by atoms with Crippen LogP contribution in [0.4, 0.5) is 0 Å². The lowest BCUT2D eigenvalue weighted by atomic mass is 10.2. The molecule has 4 aromatic rings. The molecule has 1 aliphatic heterocycles.